The minimum Gasteiger partial charge on any atom is -0.256 e. The highest BCUT2D eigenvalue weighted by Gasteiger charge is 2.61. The van der Waals surface area contributed by atoms with Crippen LogP contribution in [0.1, 0.15) is 37.3 Å². The molecule has 3 aliphatic rings. The first-order valence-electron chi connectivity index (χ1n) is 6.56. The summed E-state index contributed by atoms with van der Waals surface area (Å²) in [7, 11) is 0. The van der Waals surface area contributed by atoms with Crippen LogP contribution in [-0.4, -0.2) is 11.9 Å². The average molecular weight is 303 g/mol. The van der Waals surface area contributed by atoms with Crippen LogP contribution in [0, 0.1) is 5.41 Å². The number of hydrogen-bond acceptors (Lipinski definition) is 2. The molecule has 4 rings (SSSR count). The van der Waals surface area contributed by atoms with E-state index in [4.69, 9.17) is 9.98 Å². The Morgan fingerprint density at radius 1 is 1.28 bits per heavy atom. The molecule has 2 spiro atoms. The van der Waals surface area contributed by atoms with Gasteiger partial charge in [-0.2, -0.15) is 0 Å². The lowest BCUT2D eigenvalue weighted by Gasteiger charge is -2.47. The maximum Gasteiger partial charge on any atom is 0.182 e. The molecule has 1 aliphatic heterocycles. The smallest absolute Gasteiger partial charge is 0.182 e. The van der Waals surface area contributed by atoms with Gasteiger partial charge in [-0.25, -0.2) is 0 Å². The van der Waals surface area contributed by atoms with Gasteiger partial charge in [0.15, 0.2) is 5.66 Å². The Morgan fingerprint density at radius 3 is 2.72 bits per heavy atom. The van der Waals surface area contributed by atoms with Crippen LogP contribution in [0.4, 0.5) is 0 Å². The van der Waals surface area contributed by atoms with Crippen LogP contribution in [-0.2, 0) is 12.1 Å². The van der Waals surface area contributed by atoms with Crippen molar-refractivity contribution in [3.8, 4) is 0 Å². The molecule has 1 unspecified atom stereocenters. The summed E-state index contributed by atoms with van der Waals surface area (Å²) in [6.07, 6.45) is 6.93. The van der Waals surface area contributed by atoms with E-state index in [1.54, 1.807) is 0 Å². The summed E-state index contributed by atoms with van der Waals surface area (Å²) in [5.41, 5.74) is 3.80. The van der Waals surface area contributed by atoms with E-state index in [1.807, 2.05) is 6.21 Å². The normalized spacial score (nSPS) is 30.7. The zero-order valence-electron chi connectivity index (χ0n) is 10.4. The minimum absolute atomic E-state index is 0.268. The van der Waals surface area contributed by atoms with Crippen molar-refractivity contribution in [3.05, 3.63) is 33.8 Å². The number of rotatable bonds is 0. The standard InChI is InChI=1S/C15H15BrN2/c1-10-9-17-15(18-10)13-7-12(16)4-3-11(13)8-14(15)5-2-6-14/h3-4,7,9H,2,5-6,8H2,1H3. The molecule has 1 aromatic carbocycles. The molecule has 3 heteroatoms. The molecule has 1 heterocycles. The fourth-order valence-electron chi connectivity index (χ4n) is 3.81. The van der Waals surface area contributed by atoms with Crippen molar-refractivity contribution in [1.82, 2.24) is 0 Å². The quantitative estimate of drug-likeness (QED) is 0.695. The largest absolute Gasteiger partial charge is 0.256 e. The summed E-state index contributed by atoms with van der Waals surface area (Å²) in [5.74, 6) is 0. The predicted octanol–water partition coefficient (Wildman–Crippen LogP) is 3.87. The van der Waals surface area contributed by atoms with Gasteiger partial charge in [0.2, 0.25) is 0 Å². The van der Waals surface area contributed by atoms with E-state index < -0.39 is 0 Å². The zero-order valence-corrected chi connectivity index (χ0v) is 12.0. The van der Waals surface area contributed by atoms with Gasteiger partial charge >= 0.3 is 0 Å². The lowest BCUT2D eigenvalue weighted by molar-refractivity contribution is 0.0477. The van der Waals surface area contributed by atoms with Crippen molar-refractivity contribution >= 4 is 27.9 Å². The molecule has 0 aromatic heterocycles. The zero-order chi connectivity index (χ0) is 12.4. The Kier molecular flexibility index (Phi) is 2.02. The van der Waals surface area contributed by atoms with Crippen LogP contribution >= 0.6 is 15.9 Å². The van der Waals surface area contributed by atoms with Gasteiger partial charge in [0.05, 0.1) is 5.71 Å². The van der Waals surface area contributed by atoms with Crippen LogP contribution in [0.25, 0.3) is 0 Å². The Hall–Kier alpha value is -0.960. The highest BCUT2D eigenvalue weighted by molar-refractivity contribution is 9.10. The van der Waals surface area contributed by atoms with E-state index in [9.17, 15) is 0 Å². The molecule has 0 bridgehead atoms. The number of nitrogens with zero attached hydrogens (tertiary/aromatic N) is 2. The summed E-state index contributed by atoms with van der Waals surface area (Å²) in [6.45, 7) is 2.06. The first-order valence-corrected chi connectivity index (χ1v) is 7.35. The number of fused-ring (bicyclic) bond motifs is 3. The third-order valence-electron chi connectivity index (χ3n) is 4.80. The van der Waals surface area contributed by atoms with Gasteiger partial charge in [-0.1, -0.05) is 28.4 Å². The fourth-order valence-corrected chi connectivity index (χ4v) is 4.18. The molecule has 1 aromatic rings. The second kappa shape index (κ2) is 3.32. The van der Waals surface area contributed by atoms with Crippen molar-refractivity contribution in [2.45, 2.75) is 38.3 Å². The van der Waals surface area contributed by atoms with Gasteiger partial charge in [-0.05, 0) is 43.9 Å². The summed E-state index contributed by atoms with van der Waals surface area (Å²) in [4.78, 5) is 9.81. The average Bonchev–Trinajstić information content (AvgIpc) is 2.80. The lowest BCUT2D eigenvalue weighted by Crippen LogP contribution is -2.44. The highest BCUT2D eigenvalue weighted by atomic mass is 79.9. The molecule has 1 saturated carbocycles. The van der Waals surface area contributed by atoms with E-state index in [0.29, 0.717) is 0 Å². The van der Waals surface area contributed by atoms with Crippen LogP contribution in [0.5, 0.6) is 0 Å². The van der Waals surface area contributed by atoms with Crippen molar-refractivity contribution < 1.29 is 0 Å². The minimum atomic E-state index is -0.297. The molecule has 0 amide bonds. The van der Waals surface area contributed by atoms with Gasteiger partial charge in [-0.15, -0.1) is 0 Å². The number of aliphatic imine (C=N–C) groups is 2. The monoisotopic (exact) mass is 302 g/mol. The molecule has 18 heavy (non-hydrogen) atoms. The van der Waals surface area contributed by atoms with Crippen LogP contribution < -0.4 is 0 Å². The van der Waals surface area contributed by atoms with Crippen LogP contribution in [0.2, 0.25) is 0 Å². The van der Waals surface area contributed by atoms with Crippen molar-refractivity contribution in [2.24, 2.45) is 15.4 Å². The van der Waals surface area contributed by atoms with Crippen molar-refractivity contribution in [2.75, 3.05) is 0 Å². The molecule has 2 aliphatic carbocycles. The summed E-state index contributed by atoms with van der Waals surface area (Å²) in [6, 6.07) is 6.61. The number of halogens is 1. The van der Waals surface area contributed by atoms with Gasteiger partial charge in [0, 0.05) is 21.7 Å². The van der Waals surface area contributed by atoms with Crippen molar-refractivity contribution in [3.63, 3.8) is 0 Å². The molecular formula is C15H15BrN2. The third-order valence-corrected chi connectivity index (χ3v) is 5.30. The molecule has 2 nitrogen and oxygen atoms in total. The van der Waals surface area contributed by atoms with Crippen LogP contribution in [0.15, 0.2) is 32.7 Å². The maximum atomic E-state index is 4.95. The molecular weight excluding hydrogens is 288 g/mol. The Labute approximate surface area is 115 Å². The SMILES string of the molecule is CC1=NC2(N=C1)c1cc(Br)ccc1CC21CCC1. The second-order valence-corrected chi connectivity index (χ2v) is 6.71. The van der Waals surface area contributed by atoms with Gasteiger partial charge < -0.3 is 0 Å². The topological polar surface area (TPSA) is 24.7 Å². The summed E-state index contributed by atoms with van der Waals surface area (Å²) in [5, 5.41) is 0. The molecule has 0 N–H and O–H groups in total. The maximum absolute atomic E-state index is 4.95. The number of benzene rings is 1. The second-order valence-electron chi connectivity index (χ2n) is 5.80. The van der Waals surface area contributed by atoms with Crippen molar-refractivity contribution in [1.29, 1.82) is 0 Å². The molecule has 0 saturated heterocycles. The third kappa shape index (κ3) is 1.14. The van der Waals surface area contributed by atoms with E-state index in [0.717, 1.165) is 16.6 Å². The van der Waals surface area contributed by atoms with Crippen LogP contribution in [0.3, 0.4) is 0 Å². The first-order chi connectivity index (χ1) is 8.65. The Bertz CT molecular complexity index is 599. The summed E-state index contributed by atoms with van der Waals surface area (Å²) >= 11 is 3.59. The fraction of sp³-hybridized carbons (Fsp3) is 0.467. The molecule has 1 fully saturated rings. The summed E-state index contributed by atoms with van der Waals surface area (Å²) < 4.78 is 1.13. The van der Waals surface area contributed by atoms with Gasteiger partial charge in [-0.3, -0.25) is 9.98 Å². The first kappa shape index (κ1) is 10.9. The lowest BCUT2D eigenvalue weighted by atomic mass is 9.61. The number of hydrogen-bond donors (Lipinski definition) is 0. The molecule has 1 atom stereocenters. The van der Waals surface area contributed by atoms with E-state index in [2.05, 4.69) is 41.1 Å². The predicted molar refractivity (Wildman–Crippen MR) is 77.4 cm³/mol. The van der Waals surface area contributed by atoms with Gasteiger partial charge in [0.25, 0.3) is 0 Å². The van der Waals surface area contributed by atoms with E-state index >= 15 is 0 Å². The van der Waals surface area contributed by atoms with E-state index in [-0.39, 0.29) is 11.1 Å². The van der Waals surface area contributed by atoms with Gasteiger partial charge in [0.1, 0.15) is 0 Å². The Balaban J connectivity index is 1.98. The Morgan fingerprint density at radius 2 is 2.11 bits per heavy atom. The highest BCUT2D eigenvalue weighted by Crippen LogP contribution is 2.64. The molecule has 92 valence electrons. The van der Waals surface area contributed by atoms with E-state index in [1.165, 1.54) is 30.4 Å². The molecule has 0 radical (unpaired) electrons.